The van der Waals surface area contributed by atoms with Crippen molar-refractivity contribution < 1.29 is 14.3 Å². The molecule has 2 rings (SSSR count). The van der Waals surface area contributed by atoms with Gasteiger partial charge in [0.2, 0.25) is 0 Å². The van der Waals surface area contributed by atoms with E-state index in [2.05, 4.69) is 18.4 Å². The summed E-state index contributed by atoms with van der Waals surface area (Å²) in [7, 11) is 0. The Hall–Kier alpha value is -1.07. The van der Waals surface area contributed by atoms with E-state index in [1.54, 1.807) is 11.3 Å². The van der Waals surface area contributed by atoms with Gasteiger partial charge in [-0.1, -0.05) is 6.07 Å². The van der Waals surface area contributed by atoms with Crippen LogP contribution in [-0.2, 0) is 9.47 Å². The molecule has 1 aliphatic heterocycles. The van der Waals surface area contributed by atoms with E-state index in [1.165, 1.54) is 4.88 Å². The van der Waals surface area contributed by atoms with Crippen LogP contribution in [0.4, 0.5) is 4.79 Å². The molecule has 0 radical (unpaired) electrons. The number of carbonyl (C=O) groups is 1. The van der Waals surface area contributed by atoms with Gasteiger partial charge in [-0.15, -0.1) is 11.3 Å². The average molecular weight is 325 g/mol. The topological polar surface area (TPSA) is 38.8 Å². The number of piperidine rings is 1. The van der Waals surface area contributed by atoms with E-state index >= 15 is 0 Å². The van der Waals surface area contributed by atoms with E-state index in [-0.39, 0.29) is 18.2 Å². The van der Waals surface area contributed by atoms with Gasteiger partial charge in [-0.3, -0.25) is 0 Å². The van der Waals surface area contributed by atoms with Crippen LogP contribution < -0.4 is 0 Å². The van der Waals surface area contributed by atoms with Gasteiger partial charge in [0.25, 0.3) is 0 Å². The van der Waals surface area contributed by atoms with Gasteiger partial charge in [0.1, 0.15) is 5.60 Å². The van der Waals surface area contributed by atoms with Crippen LogP contribution in [0.1, 0.15) is 57.9 Å². The lowest BCUT2D eigenvalue weighted by Gasteiger charge is -2.37. The standard InChI is InChI=1S/C17H27NO3S/c1-13(15-9-7-11-22-15)20-12-14-8-5-6-10-18(14)16(19)21-17(2,3)4/h7,9,11,13-14H,5-6,8,10,12H2,1-4H3/t13-,14-/m1/s1. The predicted molar refractivity (Wildman–Crippen MR) is 89.3 cm³/mol. The molecule has 4 nitrogen and oxygen atoms in total. The molecule has 1 aliphatic rings. The summed E-state index contributed by atoms with van der Waals surface area (Å²) in [6.07, 6.45) is 3.01. The fraction of sp³-hybridized carbons (Fsp3) is 0.706. The summed E-state index contributed by atoms with van der Waals surface area (Å²) in [5.41, 5.74) is -0.454. The highest BCUT2D eigenvalue weighted by Crippen LogP contribution is 2.25. The monoisotopic (exact) mass is 325 g/mol. The molecule has 0 unspecified atom stereocenters. The molecule has 0 aliphatic carbocycles. The molecule has 1 fully saturated rings. The fourth-order valence-corrected chi connectivity index (χ4v) is 3.33. The van der Waals surface area contributed by atoms with Crippen molar-refractivity contribution in [3.8, 4) is 0 Å². The number of amides is 1. The summed E-state index contributed by atoms with van der Waals surface area (Å²) in [4.78, 5) is 15.4. The van der Waals surface area contributed by atoms with Crippen molar-refractivity contribution in [2.75, 3.05) is 13.2 Å². The first-order chi connectivity index (χ1) is 10.4. The smallest absolute Gasteiger partial charge is 0.410 e. The maximum atomic E-state index is 12.3. The maximum Gasteiger partial charge on any atom is 0.410 e. The van der Waals surface area contributed by atoms with E-state index < -0.39 is 5.60 Å². The number of likely N-dealkylation sites (tertiary alicyclic amines) is 1. The molecule has 0 spiro atoms. The molecule has 2 heterocycles. The Balaban J connectivity index is 1.90. The zero-order chi connectivity index (χ0) is 16.2. The summed E-state index contributed by atoms with van der Waals surface area (Å²) < 4.78 is 11.5. The summed E-state index contributed by atoms with van der Waals surface area (Å²) in [6, 6.07) is 4.24. The number of thiophene rings is 1. The maximum absolute atomic E-state index is 12.3. The van der Waals surface area contributed by atoms with Crippen LogP contribution in [0.15, 0.2) is 17.5 Å². The van der Waals surface area contributed by atoms with Gasteiger partial charge in [0.15, 0.2) is 0 Å². The van der Waals surface area contributed by atoms with Crippen molar-refractivity contribution in [3.05, 3.63) is 22.4 Å². The molecule has 0 saturated carbocycles. The van der Waals surface area contributed by atoms with Crippen LogP contribution in [0.25, 0.3) is 0 Å². The zero-order valence-electron chi connectivity index (χ0n) is 14.0. The van der Waals surface area contributed by atoms with Crippen molar-refractivity contribution in [2.45, 2.75) is 64.7 Å². The normalized spacial score (nSPS) is 20.7. The van der Waals surface area contributed by atoms with Gasteiger partial charge in [-0.25, -0.2) is 4.79 Å². The Labute approximate surface area is 137 Å². The molecule has 1 aromatic rings. The number of rotatable bonds is 4. The third-order valence-corrected chi connectivity index (χ3v) is 4.77. The van der Waals surface area contributed by atoms with Gasteiger partial charge in [0, 0.05) is 11.4 Å². The van der Waals surface area contributed by atoms with Gasteiger partial charge in [-0.05, 0) is 58.4 Å². The largest absolute Gasteiger partial charge is 0.444 e. The first kappa shape index (κ1) is 17.3. The average Bonchev–Trinajstić information content (AvgIpc) is 2.97. The molecule has 1 saturated heterocycles. The third kappa shape index (κ3) is 4.99. The Morgan fingerprint density at radius 1 is 1.45 bits per heavy atom. The number of hydrogen-bond acceptors (Lipinski definition) is 4. The molecule has 22 heavy (non-hydrogen) atoms. The number of carbonyl (C=O) groups excluding carboxylic acids is 1. The lowest BCUT2D eigenvalue weighted by atomic mass is 10.0. The summed E-state index contributed by atoms with van der Waals surface area (Å²) in [6.45, 7) is 9.10. The zero-order valence-corrected chi connectivity index (χ0v) is 14.8. The highest BCUT2D eigenvalue weighted by Gasteiger charge is 2.30. The first-order valence-electron chi connectivity index (χ1n) is 8.01. The van der Waals surface area contributed by atoms with Crippen molar-refractivity contribution >= 4 is 17.4 Å². The number of hydrogen-bond donors (Lipinski definition) is 0. The third-order valence-electron chi connectivity index (χ3n) is 3.74. The Morgan fingerprint density at radius 3 is 2.86 bits per heavy atom. The molecule has 1 aromatic heterocycles. The summed E-state index contributed by atoms with van der Waals surface area (Å²) in [5, 5.41) is 2.06. The summed E-state index contributed by atoms with van der Waals surface area (Å²) in [5.74, 6) is 0. The van der Waals surface area contributed by atoms with Gasteiger partial charge < -0.3 is 14.4 Å². The molecule has 5 heteroatoms. The SMILES string of the molecule is C[C@@H](OC[C@H]1CCCCN1C(=O)OC(C)(C)C)c1cccs1. The van der Waals surface area contributed by atoms with Crippen LogP contribution in [0.3, 0.4) is 0 Å². The van der Waals surface area contributed by atoms with Crippen molar-refractivity contribution in [1.29, 1.82) is 0 Å². The molecular formula is C17H27NO3S. The molecule has 124 valence electrons. The minimum absolute atomic E-state index is 0.0717. The van der Waals surface area contributed by atoms with Crippen LogP contribution in [0.2, 0.25) is 0 Å². The second-order valence-corrected chi connectivity index (χ2v) is 7.79. The second kappa shape index (κ2) is 7.47. The van der Waals surface area contributed by atoms with Crippen molar-refractivity contribution in [1.82, 2.24) is 4.90 Å². The van der Waals surface area contributed by atoms with E-state index in [0.717, 1.165) is 25.8 Å². The van der Waals surface area contributed by atoms with Gasteiger partial charge in [0.05, 0.1) is 18.8 Å². The Morgan fingerprint density at radius 2 is 2.23 bits per heavy atom. The molecule has 2 atom stereocenters. The van der Waals surface area contributed by atoms with Gasteiger partial charge >= 0.3 is 6.09 Å². The van der Waals surface area contributed by atoms with E-state index in [4.69, 9.17) is 9.47 Å². The minimum atomic E-state index is -0.454. The van der Waals surface area contributed by atoms with E-state index in [0.29, 0.717) is 6.61 Å². The van der Waals surface area contributed by atoms with Crippen LogP contribution in [0, 0.1) is 0 Å². The fourth-order valence-electron chi connectivity index (χ4n) is 2.59. The van der Waals surface area contributed by atoms with Crippen LogP contribution in [0.5, 0.6) is 0 Å². The molecule has 0 bridgehead atoms. The second-order valence-electron chi connectivity index (χ2n) is 6.81. The van der Waals surface area contributed by atoms with Crippen LogP contribution in [-0.4, -0.2) is 35.8 Å². The van der Waals surface area contributed by atoms with E-state index in [9.17, 15) is 4.79 Å². The van der Waals surface area contributed by atoms with Crippen molar-refractivity contribution in [3.63, 3.8) is 0 Å². The van der Waals surface area contributed by atoms with Gasteiger partial charge in [-0.2, -0.15) is 0 Å². The molecule has 0 N–H and O–H groups in total. The Kier molecular flexibility index (Phi) is 5.87. The highest BCUT2D eigenvalue weighted by molar-refractivity contribution is 7.10. The lowest BCUT2D eigenvalue weighted by Crippen LogP contribution is -2.48. The van der Waals surface area contributed by atoms with Crippen molar-refractivity contribution in [2.24, 2.45) is 0 Å². The highest BCUT2D eigenvalue weighted by atomic mass is 32.1. The quantitative estimate of drug-likeness (QED) is 0.811. The number of ether oxygens (including phenoxy) is 2. The molecule has 1 amide bonds. The molecule has 0 aromatic carbocycles. The predicted octanol–water partition coefficient (Wildman–Crippen LogP) is 4.62. The minimum Gasteiger partial charge on any atom is -0.444 e. The number of nitrogens with zero attached hydrogens (tertiary/aromatic N) is 1. The summed E-state index contributed by atoms with van der Waals surface area (Å²) >= 11 is 1.70. The van der Waals surface area contributed by atoms with E-state index in [1.807, 2.05) is 31.7 Å². The van der Waals surface area contributed by atoms with Crippen LogP contribution >= 0.6 is 11.3 Å². The first-order valence-corrected chi connectivity index (χ1v) is 8.89. The Bertz CT molecular complexity index is 467. The molecular weight excluding hydrogens is 298 g/mol. The lowest BCUT2D eigenvalue weighted by molar-refractivity contribution is -0.0204.